The van der Waals surface area contributed by atoms with E-state index in [1.165, 1.54) is 0 Å². The summed E-state index contributed by atoms with van der Waals surface area (Å²) in [6.07, 6.45) is 0. The fourth-order valence-electron chi connectivity index (χ4n) is 1.42. The molecule has 1 heterocycles. The smallest absolute Gasteiger partial charge is 0.250 e. The van der Waals surface area contributed by atoms with E-state index in [2.05, 4.69) is 4.98 Å². The fraction of sp³-hybridized carbons (Fsp3) is 0.100. The van der Waals surface area contributed by atoms with Crippen molar-refractivity contribution in [1.82, 2.24) is 4.98 Å². The molecular weight excluding hydrogens is 164 g/mol. The van der Waals surface area contributed by atoms with Gasteiger partial charge < -0.3 is 10.7 Å². The van der Waals surface area contributed by atoms with Gasteiger partial charge >= 0.3 is 0 Å². The van der Waals surface area contributed by atoms with Crippen LogP contribution in [-0.2, 0) is 0 Å². The molecule has 2 aromatic rings. The maximum Gasteiger partial charge on any atom is 0.250 e. The lowest BCUT2D eigenvalue weighted by atomic mass is 10.1. The Kier molecular flexibility index (Phi) is 1.59. The molecule has 13 heavy (non-hydrogen) atoms. The quantitative estimate of drug-likeness (QED) is 0.634. The molecule has 0 saturated carbocycles. The summed E-state index contributed by atoms with van der Waals surface area (Å²) >= 11 is 0. The Balaban J connectivity index is 2.94. The van der Waals surface area contributed by atoms with Gasteiger partial charge in [0.1, 0.15) is 5.82 Å². The van der Waals surface area contributed by atoms with Crippen LogP contribution in [0.4, 0.5) is 5.82 Å². The molecule has 0 amide bonds. The van der Waals surface area contributed by atoms with Crippen LogP contribution < -0.4 is 11.3 Å². The minimum Gasteiger partial charge on any atom is -0.385 e. The van der Waals surface area contributed by atoms with Crippen molar-refractivity contribution in [3.05, 3.63) is 40.2 Å². The molecule has 1 aromatic carbocycles. The molecule has 0 aliphatic rings. The average molecular weight is 174 g/mol. The third-order valence-corrected chi connectivity index (χ3v) is 2.04. The highest BCUT2D eigenvalue weighted by Gasteiger charge is 1.98. The predicted molar refractivity (Wildman–Crippen MR) is 53.7 cm³/mol. The summed E-state index contributed by atoms with van der Waals surface area (Å²) in [6, 6.07) is 7.38. The lowest BCUT2D eigenvalue weighted by molar-refractivity contribution is 1.27. The van der Waals surface area contributed by atoms with E-state index in [1.54, 1.807) is 6.07 Å². The van der Waals surface area contributed by atoms with Crippen LogP contribution in [0.2, 0.25) is 0 Å². The van der Waals surface area contributed by atoms with Gasteiger partial charge in [-0.25, -0.2) is 0 Å². The van der Waals surface area contributed by atoms with Gasteiger partial charge in [-0.1, -0.05) is 23.8 Å². The molecule has 2 rings (SSSR count). The number of aromatic amines is 1. The molecule has 66 valence electrons. The van der Waals surface area contributed by atoms with Crippen molar-refractivity contribution in [1.29, 1.82) is 0 Å². The minimum atomic E-state index is -0.157. The number of rotatable bonds is 0. The highest BCUT2D eigenvalue weighted by Crippen LogP contribution is 2.17. The van der Waals surface area contributed by atoms with Gasteiger partial charge in [-0.05, 0) is 12.3 Å². The Morgan fingerprint density at radius 3 is 2.85 bits per heavy atom. The Morgan fingerprint density at radius 1 is 1.31 bits per heavy atom. The van der Waals surface area contributed by atoms with Crippen LogP contribution in [-0.4, -0.2) is 4.98 Å². The molecule has 3 nitrogen and oxygen atoms in total. The third kappa shape index (κ3) is 1.28. The van der Waals surface area contributed by atoms with Crippen molar-refractivity contribution in [2.24, 2.45) is 0 Å². The zero-order valence-electron chi connectivity index (χ0n) is 7.29. The Morgan fingerprint density at radius 2 is 2.08 bits per heavy atom. The van der Waals surface area contributed by atoms with E-state index in [9.17, 15) is 4.79 Å². The molecule has 0 radical (unpaired) electrons. The zero-order valence-corrected chi connectivity index (χ0v) is 7.29. The number of anilines is 1. The lowest BCUT2D eigenvalue weighted by Crippen LogP contribution is -2.07. The van der Waals surface area contributed by atoms with Gasteiger partial charge in [-0.15, -0.1) is 0 Å². The first-order valence-electron chi connectivity index (χ1n) is 4.06. The highest BCUT2D eigenvalue weighted by molar-refractivity contribution is 5.90. The van der Waals surface area contributed by atoms with Crippen LogP contribution in [0.3, 0.4) is 0 Å². The number of fused-ring (bicyclic) bond motifs is 1. The molecule has 0 saturated heterocycles. The molecule has 0 fully saturated rings. The molecule has 3 heteroatoms. The van der Waals surface area contributed by atoms with E-state index in [0.717, 1.165) is 16.3 Å². The number of aromatic nitrogens is 1. The molecule has 0 aliphatic carbocycles. The highest BCUT2D eigenvalue weighted by atomic mass is 16.1. The third-order valence-electron chi connectivity index (χ3n) is 2.04. The number of pyridine rings is 1. The van der Waals surface area contributed by atoms with E-state index in [0.29, 0.717) is 5.82 Å². The summed E-state index contributed by atoms with van der Waals surface area (Å²) in [5.74, 6) is 0.433. The summed E-state index contributed by atoms with van der Waals surface area (Å²) in [5, 5.41) is 1.78. The van der Waals surface area contributed by atoms with E-state index in [-0.39, 0.29) is 5.56 Å². The minimum absolute atomic E-state index is 0.157. The molecule has 0 bridgehead atoms. The molecule has 0 spiro atoms. The van der Waals surface area contributed by atoms with Crippen LogP contribution in [0.25, 0.3) is 10.8 Å². The van der Waals surface area contributed by atoms with Crippen molar-refractivity contribution in [2.45, 2.75) is 6.92 Å². The molecule has 0 atom stereocenters. The lowest BCUT2D eigenvalue weighted by Gasteiger charge is -2.01. The van der Waals surface area contributed by atoms with Gasteiger partial charge in [-0.2, -0.15) is 0 Å². The SMILES string of the molecule is Cc1ccc2c(N)[nH]c(=O)cc2c1. The molecular formula is C10H10N2O. The summed E-state index contributed by atoms with van der Waals surface area (Å²) in [5.41, 5.74) is 6.62. The van der Waals surface area contributed by atoms with E-state index >= 15 is 0 Å². The van der Waals surface area contributed by atoms with Crippen LogP contribution >= 0.6 is 0 Å². The normalized spacial score (nSPS) is 10.5. The molecule has 0 aliphatic heterocycles. The van der Waals surface area contributed by atoms with Crippen molar-refractivity contribution in [3.8, 4) is 0 Å². The number of nitrogens with one attached hydrogen (secondary N) is 1. The maximum atomic E-state index is 11.1. The van der Waals surface area contributed by atoms with Gasteiger partial charge in [0, 0.05) is 11.5 Å². The van der Waals surface area contributed by atoms with Gasteiger partial charge in [0.2, 0.25) is 5.56 Å². The van der Waals surface area contributed by atoms with E-state index in [4.69, 9.17) is 5.73 Å². The molecule has 3 N–H and O–H groups in total. The number of aryl methyl sites for hydroxylation is 1. The van der Waals surface area contributed by atoms with Crippen molar-refractivity contribution in [3.63, 3.8) is 0 Å². The number of H-pyrrole nitrogens is 1. The number of nitrogen functional groups attached to an aromatic ring is 1. The summed E-state index contributed by atoms with van der Waals surface area (Å²) in [6.45, 7) is 1.98. The van der Waals surface area contributed by atoms with E-state index < -0.39 is 0 Å². The predicted octanol–water partition coefficient (Wildman–Crippen LogP) is 1.42. The molecule has 1 aromatic heterocycles. The van der Waals surface area contributed by atoms with Crippen molar-refractivity contribution >= 4 is 16.6 Å². The second-order valence-electron chi connectivity index (χ2n) is 3.14. The Labute approximate surface area is 75.2 Å². The Hall–Kier alpha value is -1.77. The largest absolute Gasteiger partial charge is 0.385 e. The van der Waals surface area contributed by atoms with Crippen LogP contribution in [0.1, 0.15) is 5.56 Å². The standard InChI is InChI=1S/C10H10N2O/c1-6-2-3-8-7(4-6)5-9(13)12-10(8)11/h2-5H,1H3,(H3,11,12,13). The fourth-order valence-corrected chi connectivity index (χ4v) is 1.42. The topological polar surface area (TPSA) is 58.9 Å². The number of hydrogen-bond donors (Lipinski definition) is 2. The monoisotopic (exact) mass is 174 g/mol. The molecule has 0 unspecified atom stereocenters. The average Bonchev–Trinajstić information content (AvgIpc) is 2.02. The van der Waals surface area contributed by atoms with Gasteiger partial charge in [0.15, 0.2) is 0 Å². The second-order valence-corrected chi connectivity index (χ2v) is 3.14. The van der Waals surface area contributed by atoms with E-state index in [1.807, 2.05) is 25.1 Å². The Bertz CT molecular complexity index is 514. The van der Waals surface area contributed by atoms with Gasteiger partial charge in [0.05, 0.1) is 0 Å². The first-order chi connectivity index (χ1) is 6.16. The zero-order chi connectivity index (χ0) is 9.42. The van der Waals surface area contributed by atoms with Gasteiger partial charge in [0.25, 0.3) is 0 Å². The number of nitrogens with two attached hydrogens (primary N) is 1. The van der Waals surface area contributed by atoms with Crippen LogP contribution in [0.5, 0.6) is 0 Å². The number of hydrogen-bond acceptors (Lipinski definition) is 2. The first-order valence-corrected chi connectivity index (χ1v) is 4.06. The second kappa shape index (κ2) is 2.62. The summed E-state index contributed by atoms with van der Waals surface area (Å²) < 4.78 is 0. The maximum absolute atomic E-state index is 11.1. The van der Waals surface area contributed by atoms with Crippen LogP contribution in [0, 0.1) is 6.92 Å². The number of benzene rings is 1. The van der Waals surface area contributed by atoms with Crippen molar-refractivity contribution < 1.29 is 0 Å². The first kappa shape index (κ1) is 7.86. The van der Waals surface area contributed by atoms with Crippen molar-refractivity contribution in [2.75, 3.05) is 5.73 Å². The summed E-state index contributed by atoms with van der Waals surface area (Å²) in [7, 11) is 0. The summed E-state index contributed by atoms with van der Waals surface area (Å²) in [4.78, 5) is 13.6. The van der Waals surface area contributed by atoms with Crippen LogP contribution in [0.15, 0.2) is 29.1 Å². The van der Waals surface area contributed by atoms with Gasteiger partial charge in [-0.3, -0.25) is 4.79 Å².